The van der Waals surface area contributed by atoms with Crippen LogP contribution in [0.5, 0.6) is 0 Å². The fourth-order valence-electron chi connectivity index (χ4n) is 3.29. The average molecular weight is 523 g/mol. The van der Waals surface area contributed by atoms with Crippen molar-refractivity contribution in [1.82, 2.24) is 15.5 Å². The smallest absolute Gasteiger partial charge is 0.230 e. The van der Waals surface area contributed by atoms with E-state index in [0.717, 1.165) is 36.1 Å². The van der Waals surface area contributed by atoms with Crippen molar-refractivity contribution in [3.63, 3.8) is 0 Å². The third-order valence-corrected chi connectivity index (χ3v) is 5.42. The normalized spacial score (nSPS) is 16.1. The standard InChI is InChI=1S/C18H27BrN4O.HI/c1-20-17(21-12-14-8-4-5-9-15(14)19)22-13-18(10-6-7-11-18)16(24)23(2)3;/h4-5,8-9H,6-7,10-13H2,1-3H3,(H2,20,21,22);1H. The molecule has 0 aromatic heterocycles. The molecule has 1 aromatic carbocycles. The van der Waals surface area contributed by atoms with Crippen LogP contribution in [0.15, 0.2) is 33.7 Å². The largest absolute Gasteiger partial charge is 0.355 e. The van der Waals surface area contributed by atoms with Gasteiger partial charge in [-0.25, -0.2) is 0 Å². The summed E-state index contributed by atoms with van der Waals surface area (Å²) in [6.07, 6.45) is 4.12. The first-order valence-corrected chi connectivity index (χ1v) is 9.17. The van der Waals surface area contributed by atoms with Gasteiger partial charge in [-0.15, -0.1) is 24.0 Å². The Morgan fingerprint density at radius 3 is 2.44 bits per heavy atom. The third kappa shape index (κ3) is 5.84. The number of carbonyl (C=O) groups is 1. The van der Waals surface area contributed by atoms with Crippen LogP contribution in [0, 0.1) is 5.41 Å². The van der Waals surface area contributed by atoms with Gasteiger partial charge in [0.2, 0.25) is 5.91 Å². The maximum atomic E-state index is 12.6. The number of aliphatic imine (C=N–C) groups is 1. The number of nitrogens with zero attached hydrogens (tertiary/aromatic N) is 2. The van der Waals surface area contributed by atoms with E-state index in [1.54, 1.807) is 11.9 Å². The van der Waals surface area contributed by atoms with Gasteiger partial charge in [0.15, 0.2) is 5.96 Å². The van der Waals surface area contributed by atoms with Crippen LogP contribution in [-0.2, 0) is 11.3 Å². The number of amides is 1. The molecule has 1 aromatic rings. The fourth-order valence-corrected chi connectivity index (χ4v) is 3.71. The molecule has 1 aliphatic carbocycles. The average Bonchev–Trinajstić information content (AvgIpc) is 3.05. The van der Waals surface area contributed by atoms with Gasteiger partial charge >= 0.3 is 0 Å². The summed E-state index contributed by atoms with van der Waals surface area (Å²) in [7, 11) is 5.43. The molecule has 1 fully saturated rings. The van der Waals surface area contributed by atoms with E-state index >= 15 is 0 Å². The summed E-state index contributed by atoms with van der Waals surface area (Å²) in [5, 5.41) is 6.67. The first kappa shape index (κ1) is 22.2. The summed E-state index contributed by atoms with van der Waals surface area (Å²) in [5.74, 6) is 0.942. The predicted octanol–water partition coefficient (Wildman–Crippen LogP) is 3.38. The Morgan fingerprint density at radius 2 is 1.88 bits per heavy atom. The highest BCUT2D eigenvalue weighted by atomic mass is 127. The minimum atomic E-state index is -0.297. The Hall–Kier alpha value is -0.830. The van der Waals surface area contributed by atoms with Crippen molar-refractivity contribution < 1.29 is 4.79 Å². The summed E-state index contributed by atoms with van der Waals surface area (Å²) < 4.78 is 1.07. The van der Waals surface area contributed by atoms with Crippen molar-refractivity contribution in [2.24, 2.45) is 10.4 Å². The second kappa shape index (κ2) is 10.4. The lowest BCUT2D eigenvalue weighted by Gasteiger charge is -2.31. The third-order valence-electron chi connectivity index (χ3n) is 4.64. The highest BCUT2D eigenvalue weighted by Crippen LogP contribution is 2.38. The Balaban J connectivity index is 0.00000312. The number of nitrogens with one attached hydrogen (secondary N) is 2. The van der Waals surface area contributed by atoms with Gasteiger partial charge in [-0.05, 0) is 24.5 Å². The molecular formula is C18H28BrIN4O. The molecule has 0 spiro atoms. The van der Waals surface area contributed by atoms with Crippen LogP contribution in [-0.4, -0.2) is 44.5 Å². The van der Waals surface area contributed by atoms with Gasteiger partial charge in [0, 0.05) is 38.7 Å². The molecule has 140 valence electrons. The van der Waals surface area contributed by atoms with E-state index in [1.807, 2.05) is 32.3 Å². The van der Waals surface area contributed by atoms with E-state index in [9.17, 15) is 4.79 Å². The van der Waals surface area contributed by atoms with E-state index in [0.29, 0.717) is 13.1 Å². The van der Waals surface area contributed by atoms with Gasteiger partial charge in [0.25, 0.3) is 0 Å². The molecule has 1 aliphatic rings. The number of halogens is 2. The van der Waals surface area contributed by atoms with Crippen LogP contribution in [0.2, 0.25) is 0 Å². The van der Waals surface area contributed by atoms with Crippen LogP contribution >= 0.6 is 39.9 Å². The van der Waals surface area contributed by atoms with Crippen molar-refractivity contribution in [2.45, 2.75) is 32.2 Å². The molecule has 5 nitrogen and oxygen atoms in total. The summed E-state index contributed by atoms with van der Waals surface area (Å²) in [6.45, 7) is 1.30. The minimum absolute atomic E-state index is 0. The molecule has 0 heterocycles. The van der Waals surface area contributed by atoms with E-state index in [1.165, 1.54) is 5.56 Å². The summed E-state index contributed by atoms with van der Waals surface area (Å²) in [5.41, 5.74) is 0.870. The number of rotatable bonds is 5. The van der Waals surface area contributed by atoms with Crippen molar-refractivity contribution in [1.29, 1.82) is 0 Å². The number of benzene rings is 1. The van der Waals surface area contributed by atoms with Crippen molar-refractivity contribution in [3.8, 4) is 0 Å². The van der Waals surface area contributed by atoms with Gasteiger partial charge in [-0.1, -0.05) is 47.0 Å². The van der Waals surface area contributed by atoms with Crippen molar-refractivity contribution >= 4 is 51.8 Å². The Labute approximate surface area is 176 Å². The van der Waals surface area contributed by atoms with Gasteiger partial charge in [0.05, 0.1) is 5.41 Å². The zero-order chi connectivity index (χ0) is 17.6. The predicted molar refractivity (Wildman–Crippen MR) is 117 cm³/mol. The zero-order valence-corrected chi connectivity index (χ0v) is 19.1. The zero-order valence-electron chi connectivity index (χ0n) is 15.1. The topological polar surface area (TPSA) is 56.7 Å². The second-order valence-corrected chi connectivity index (χ2v) is 7.41. The summed E-state index contributed by atoms with van der Waals surface area (Å²) >= 11 is 3.55. The second-order valence-electron chi connectivity index (χ2n) is 6.56. The van der Waals surface area contributed by atoms with Crippen LogP contribution in [0.4, 0.5) is 0 Å². The van der Waals surface area contributed by atoms with Crippen LogP contribution in [0.3, 0.4) is 0 Å². The maximum absolute atomic E-state index is 12.6. The Kier molecular flexibility index (Phi) is 9.20. The van der Waals surface area contributed by atoms with Crippen LogP contribution < -0.4 is 10.6 Å². The lowest BCUT2D eigenvalue weighted by Crippen LogP contribution is -2.49. The first-order valence-electron chi connectivity index (χ1n) is 8.38. The monoisotopic (exact) mass is 522 g/mol. The molecule has 2 rings (SSSR count). The van der Waals surface area contributed by atoms with Gasteiger partial charge in [-0.2, -0.15) is 0 Å². The molecule has 1 saturated carbocycles. The molecule has 2 N–H and O–H groups in total. The molecule has 0 bridgehead atoms. The first-order chi connectivity index (χ1) is 11.5. The van der Waals surface area contributed by atoms with Gasteiger partial charge < -0.3 is 15.5 Å². The van der Waals surface area contributed by atoms with Gasteiger partial charge in [0.1, 0.15) is 0 Å². The lowest BCUT2D eigenvalue weighted by molar-refractivity contribution is -0.138. The molecule has 7 heteroatoms. The molecular weight excluding hydrogens is 495 g/mol. The number of hydrogen-bond acceptors (Lipinski definition) is 2. The van der Waals surface area contributed by atoms with Crippen molar-refractivity contribution in [2.75, 3.05) is 27.7 Å². The van der Waals surface area contributed by atoms with E-state index in [-0.39, 0.29) is 35.3 Å². The number of hydrogen-bond donors (Lipinski definition) is 2. The summed E-state index contributed by atoms with van der Waals surface area (Å²) in [4.78, 5) is 18.6. The molecule has 1 amide bonds. The van der Waals surface area contributed by atoms with E-state index < -0.39 is 0 Å². The lowest BCUT2D eigenvalue weighted by atomic mass is 9.84. The minimum Gasteiger partial charge on any atom is -0.355 e. The highest BCUT2D eigenvalue weighted by molar-refractivity contribution is 14.0. The molecule has 0 unspecified atom stereocenters. The Morgan fingerprint density at radius 1 is 1.24 bits per heavy atom. The molecule has 0 atom stereocenters. The number of carbonyl (C=O) groups excluding carboxylic acids is 1. The van der Waals surface area contributed by atoms with E-state index in [2.05, 4.69) is 37.6 Å². The van der Waals surface area contributed by atoms with Gasteiger partial charge in [-0.3, -0.25) is 9.79 Å². The molecule has 0 saturated heterocycles. The maximum Gasteiger partial charge on any atom is 0.230 e. The van der Waals surface area contributed by atoms with Crippen LogP contribution in [0.25, 0.3) is 0 Å². The molecule has 0 radical (unpaired) electrons. The fraction of sp³-hybridized carbons (Fsp3) is 0.556. The number of guanidine groups is 1. The van der Waals surface area contributed by atoms with Crippen molar-refractivity contribution in [3.05, 3.63) is 34.3 Å². The molecule has 25 heavy (non-hydrogen) atoms. The molecule has 0 aliphatic heterocycles. The Bertz CT molecular complexity index is 600. The van der Waals surface area contributed by atoms with E-state index in [4.69, 9.17) is 0 Å². The SMILES string of the molecule is CN=C(NCc1ccccc1Br)NCC1(C(=O)N(C)C)CCCC1.I. The van der Waals surface area contributed by atoms with Crippen LogP contribution in [0.1, 0.15) is 31.2 Å². The quantitative estimate of drug-likeness (QED) is 0.354. The highest BCUT2D eigenvalue weighted by Gasteiger charge is 2.42. The summed E-state index contributed by atoms with van der Waals surface area (Å²) in [6, 6.07) is 8.10.